The number of rotatable bonds is 15. The molecule has 3 N–H and O–H groups in total. The topological polar surface area (TPSA) is 140 Å². The van der Waals surface area contributed by atoms with Gasteiger partial charge in [-0.15, -0.1) is 0 Å². The summed E-state index contributed by atoms with van der Waals surface area (Å²) >= 11 is 0. The summed E-state index contributed by atoms with van der Waals surface area (Å²) in [5.74, 6) is -2.90. The zero-order valence-electron chi connectivity index (χ0n) is 22.2. The Morgan fingerprint density at radius 3 is 2.10 bits per heavy atom. The lowest BCUT2D eigenvalue weighted by Crippen LogP contribution is -2.54. The van der Waals surface area contributed by atoms with E-state index in [0.29, 0.717) is 0 Å². The second-order valence-corrected chi connectivity index (χ2v) is 8.43. The summed E-state index contributed by atoms with van der Waals surface area (Å²) < 4.78 is 9.95. The minimum Gasteiger partial charge on any atom is -0.466 e. The number of hydrogen-bond acceptors (Lipinski definition) is 7. The highest BCUT2D eigenvalue weighted by atomic mass is 16.5. The van der Waals surface area contributed by atoms with E-state index >= 15 is 0 Å². The van der Waals surface area contributed by atoms with E-state index in [0.717, 1.165) is 11.1 Å². The number of amides is 3. The van der Waals surface area contributed by atoms with Gasteiger partial charge in [0.2, 0.25) is 17.7 Å². The SMILES string of the molecule is CCOC(=O)CC[C@@H](NC(=O)[C@H](Cc1ccccc1)NC(=O)CNC(=O)/C=C/c1ccccc1)C(=O)OCC. The maximum Gasteiger partial charge on any atom is 0.328 e. The van der Waals surface area contributed by atoms with E-state index in [-0.39, 0.29) is 39.0 Å². The fraction of sp³-hybridized carbons (Fsp3) is 0.345. The van der Waals surface area contributed by atoms with Crippen LogP contribution in [0.4, 0.5) is 0 Å². The van der Waals surface area contributed by atoms with Crippen molar-refractivity contribution in [1.29, 1.82) is 0 Å². The zero-order chi connectivity index (χ0) is 28.5. The Morgan fingerprint density at radius 2 is 1.46 bits per heavy atom. The average molecular weight is 538 g/mol. The molecule has 0 aliphatic heterocycles. The number of carbonyl (C=O) groups is 5. The molecule has 0 unspecified atom stereocenters. The van der Waals surface area contributed by atoms with Gasteiger partial charge in [0.05, 0.1) is 19.8 Å². The van der Waals surface area contributed by atoms with E-state index in [4.69, 9.17) is 9.47 Å². The van der Waals surface area contributed by atoms with Crippen LogP contribution >= 0.6 is 0 Å². The second-order valence-electron chi connectivity index (χ2n) is 8.43. The van der Waals surface area contributed by atoms with Crippen LogP contribution in [-0.4, -0.2) is 61.5 Å². The molecule has 2 aromatic carbocycles. The molecule has 10 nitrogen and oxygen atoms in total. The average Bonchev–Trinajstić information content (AvgIpc) is 2.94. The molecular formula is C29H35N3O7. The van der Waals surface area contributed by atoms with Gasteiger partial charge in [0, 0.05) is 18.9 Å². The summed E-state index contributed by atoms with van der Waals surface area (Å²) in [6.45, 7) is 3.22. The Bertz CT molecular complexity index is 1120. The Morgan fingerprint density at radius 1 is 0.821 bits per heavy atom. The number of nitrogens with one attached hydrogen (secondary N) is 3. The predicted molar refractivity (Wildman–Crippen MR) is 145 cm³/mol. The predicted octanol–water partition coefficient (Wildman–Crippen LogP) is 1.93. The molecule has 39 heavy (non-hydrogen) atoms. The van der Waals surface area contributed by atoms with E-state index in [2.05, 4.69) is 16.0 Å². The van der Waals surface area contributed by atoms with Crippen LogP contribution in [0.3, 0.4) is 0 Å². The van der Waals surface area contributed by atoms with Crippen LogP contribution in [-0.2, 0) is 39.9 Å². The number of benzene rings is 2. The van der Waals surface area contributed by atoms with Crippen molar-refractivity contribution in [2.75, 3.05) is 19.8 Å². The molecule has 0 saturated heterocycles. The molecule has 0 bridgehead atoms. The number of hydrogen-bond donors (Lipinski definition) is 3. The summed E-state index contributed by atoms with van der Waals surface area (Å²) in [6.07, 6.45) is 2.93. The molecule has 2 aromatic rings. The first-order valence-corrected chi connectivity index (χ1v) is 12.8. The maximum atomic E-state index is 13.2. The molecule has 0 radical (unpaired) electrons. The van der Waals surface area contributed by atoms with Crippen LogP contribution in [0.15, 0.2) is 66.7 Å². The monoisotopic (exact) mass is 537 g/mol. The van der Waals surface area contributed by atoms with Crippen molar-refractivity contribution in [3.63, 3.8) is 0 Å². The van der Waals surface area contributed by atoms with E-state index in [1.165, 1.54) is 6.08 Å². The smallest absolute Gasteiger partial charge is 0.328 e. The molecular weight excluding hydrogens is 502 g/mol. The van der Waals surface area contributed by atoms with E-state index in [9.17, 15) is 24.0 Å². The minimum atomic E-state index is -1.11. The Hall–Kier alpha value is -4.47. The molecule has 0 heterocycles. The molecule has 3 amide bonds. The normalized spacial score (nSPS) is 12.2. The van der Waals surface area contributed by atoms with Gasteiger partial charge in [-0.2, -0.15) is 0 Å². The first kappa shape index (κ1) is 30.8. The molecule has 2 rings (SSSR count). The fourth-order valence-corrected chi connectivity index (χ4v) is 3.53. The number of carbonyl (C=O) groups excluding carboxylic acids is 5. The molecule has 0 aliphatic rings. The van der Waals surface area contributed by atoms with Gasteiger partial charge in [-0.1, -0.05) is 60.7 Å². The maximum absolute atomic E-state index is 13.2. The third-order valence-corrected chi connectivity index (χ3v) is 5.41. The Balaban J connectivity index is 2.05. The molecule has 10 heteroatoms. The first-order valence-electron chi connectivity index (χ1n) is 12.8. The zero-order valence-corrected chi connectivity index (χ0v) is 22.2. The van der Waals surface area contributed by atoms with Crippen LogP contribution in [0.2, 0.25) is 0 Å². The highest BCUT2D eigenvalue weighted by Crippen LogP contribution is 2.07. The standard InChI is InChI=1S/C29H35N3O7/c1-3-38-27(35)18-16-23(29(37)39-4-2)32-28(36)24(19-22-13-9-6-10-14-22)31-26(34)20-30-25(33)17-15-21-11-7-5-8-12-21/h5-15,17,23-24H,3-4,16,18-20H2,1-2H3,(H,30,33)(H,31,34)(H,32,36)/b17-15+/t23-,24+/m1/s1. The molecule has 0 saturated carbocycles. The van der Waals surface area contributed by atoms with Gasteiger partial charge < -0.3 is 25.4 Å². The highest BCUT2D eigenvalue weighted by molar-refractivity contribution is 5.95. The van der Waals surface area contributed by atoms with Crippen molar-refractivity contribution in [3.8, 4) is 0 Å². The van der Waals surface area contributed by atoms with Crippen LogP contribution in [0, 0.1) is 0 Å². The lowest BCUT2D eigenvalue weighted by atomic mass is 10.0. The van der Waals surface area contributed by atoms with Crippen molar-refractivity contribution < 1.29 is 33.4 Å². The summed E-state index contributed by atoms with van der Waals surface area (Å²) in [6, 6.07) is 16.0. The lowest BCUT2D eigenvalue weighted by molar-refractivity contribution is -0.149. The van der Waals surface area contributed by atoms with Crippen molar-refractivity contribution in [2.24, 2.45) is 0 Å². The third-order valence-electron chi connectivity index (χ3n) is 5.41. The summed E-state index contributed by atoms with van der Waals surface area (Å²) in [5, 5.41) is 7.70. The number of ether oxygens (including phenoxy) is 2. The Kier molecular flexibility index (Phi) is 13.5. The highest BCUT2D eigenvalue weighted by Gasteiger charge is 2.28. The quantitative estimate of drug-likeness (QED) is 0.233. The van der Waals surface area contributed by atoms with Gasteiger partial charge in [-0.25, -0.2) is 4.79 Å². The van der Waals surface area contributed by atoms with Crippen LogP contribution < -0.4 is 16.0 Å². The summed E-state index contributed by atoms with van der Waals surface area (Å²) in [5.41, 5.74) is 1.60. The molecule has 0 spiro atoms. The Labute approximate surface area is 228 Å². The van der Waals surface area contributed by atoms with Gasteiger partial charge in [-0.3, -0.25) is 19.2 Å². The molecule has 0 aliphatic carbocycles. The second kappa shape index (κ2) is 17.1. The summed E-state index contributed by atoms with van der Waals surface area (Å²) in [4.78, 5) is 62.3. The minimum absolute atomic E-state index is 0.0286. The molecule has 208 valence electrons. The van der Waals surface area contributed by atoms with Crippen molar-refractivity contribution in [2.45, 2.75) is 45.2 Å². The molecule has 0 aromatic heterocycles. The van der Waals surface area contributed by atoms with Crippen LogP contribution in [0.25, 0.3) is 6.08 Å². The van der Waals surface area contributed by atoms with Crippen LogP contribution in [0.5, 0.6) is 0 Å². The fourth-order valence-electron chi connectivity index (χ4n) is 3.53. The van der Waals surface area contributed by atoms with Crippen LogP contribution in [0.1, 0.15) is 37.8 Å². The van der Waals surface area contributed by atoms with Gasteiger partial charge in [0.1, 0.15) is 12.1 Å². The van der Waals surface area contributed by atoms with Crippen molar-refractivity contribution in [3.05, 3.63) is 77.9 Å². The van der Waals surface area contributed by atoms with E-state index in [1.54, 1.807) is 44.2 Å². The largest absolute Gasteiger partial charge is 0.466 e. The van der Waals surface area contributed by atoms with Crippen molar-refractivity contribution >= 4 is 35.7 Å². The first-order chi connectivity index (χ1) is 18.8. The van der Waals surface area contributed by atoms with E-state index in [1.807, 2.05) is 36.4 Å². The van der Waals surface area contributed by atoms with Gasteiger partial charge >= 0.3 is 11.9 Å². The molecule has 0 fully saturated rings. The van der Waals surface area contributed by atoms with Gasteiger partial charge in [0.25, 0.3) is 0 Å². The molecule has 2 atom stereocenters. The van der Waals surface area contributed by atoms with Gasteiger partial charge in [0.15, 0.2) is 0 Å². The van der Waals surface area contributed by atoms with E-state index < -0.39 is 41.7 Å². The lowest BCUT2D eigenvalue weighted by Gasteiger charge is -2.22. The van der Waals surface area contributed by atoms with Crippen molar-refractivity contribution in [1.82, 2.24) is 16.0 Å². The number of esters is 2. The summed E-state index contributed by atoms with van der Waals surface area (Å²) in [7, 11) is 0. The van der Waals surface area contributed by atoms with Gasteiger partial charge in [-0.05, 0) is 37.5 Å². The third kappa shape index (κ3) is 12.1.